The fourth-order valence-corrected chi connectivity index (χ4v) is 2.90. The van der Waals surface area contributed by atoms with Gasteiger partial charge in [-0.25, -0.2) is 13.8 Å². The minimum Gasteiger partial charge on any atom is -0.406 e. The van der Waals surface area contributed by atoms with E-state index in [2.05, 4.69) is 25.3 Å². The molecular weight excluding hydrogens is 447 g/mol. The molecular formula is C22H21F5N4O2. The molecule has 176 valence electrons. The Hall–Kier alpha value is -3.47. The Kier molecular flexibility index (Phi) is 7.32. The maximum atomic E-state index is 14.1. The number of anilines is 3. The zero-order chi connectivity index (χ0) is 24.2. The van der Waals surface area contributed by atoms with Gasteiger partial charge < -0.3 is 20.5 Å². The highest BCUT2D eigenvalue weighted by Crippen LogP contribution is 2.30. The van der Waals surface area contributed by atoms with E-state index in [0.717, 1.165) is 30.3 Å². The van der Waals surface area contributed by atoms with E-state index in [-0.39, 0.29) is 41.2 Å². The molecule has 0 saturated carbocycles. The lowest BCUT2D eigenvalue weighted by atomic mass is 10.1. The molecule has 11 heteroatoms. The monoisotopic (exact) mass is 468 g/mol. The van der Waals surface area contributed by atoms with E-state index in [9.17, 15) is 27.1 Å². The highest BCUT2D eigenvalue weighted by molar-refractivity contribution is 5.68. The van der Waals surface area contributed by atoms with Crippen LogP contribution in [0.1, 0.15) is 13.8 Å². The largest absolute Gasteiger partial charge is 0.573 e. The molecule has 6 nitrogen and oxygen atoms in total. The maximum absolute atomic E-state index is 14.1. The Morgan fingerprint density at radius 2 is 1.79 bits per heavy atom. The Morgan fingerprint density at radius 3 is 2.45 bits per heavy atom. The third-order valence-corrected chi connectivity index (χ3v) is 4.60. The van der Waals surface area contributed by atoms with Crippen molar-refractivity contribution in [3.05, 3.63) is 60.2 Å². The van der Waals surface area contributed by atoms with Crippen molar-refractivity contribution in [2.24, 2.45) is 5.92 Å². The van der Waals surface area contributed by atoms with Gasteiger partial charge in [0, 0.05) is 17.7 Å². The van der Waals surface area contributed by atoms with Gasteiger partial charge in [0.2, 0.25) is 5.95 Å². The van der Waals surface area contributed by atoms with Crippen molar-refractivity contribution in [3.63, 3.8) is 0 Å². The van der Waals surface area contributed by atoms with E-state index in [4.69, 9.17) is 0 Å². The summed E-state index contributed by atoms with van der Waals surface area (Å²) in [5.74, 6) is -1.79. The Labute approximate surface area is 186 Å². The molecule has 0 fully saturated rings. The van der Waals surface area contributed by atoms with Gasteiger partial charge in [-0.15, -0.1) is 13.2 Å². The second-order valence-corrected chi connectivity index (χ2v) is 7.46. The normalized spacial score (nSPS) is 12.5. The first-order chi connectivity index (χ1) is 15.5. The first-order valence-corrected chi connectivity index (χ1v) is 9.89. The van der Waals surface area contributed by atoms with Gasteiger partial charge in [-0.3, -0.25) is 0 Å². The molecule has 0 aliphatic carbocycles. The molecule has 3 rings (SSSR count). The molecule has 0 spiro atoms. The predicted molar refractivity (Wildman–Crippen MR) is 113 cm³/mol. The summed E-state index contributed by atoms with van der Waals surface area (Å²) in [5, 5.41) is 15.2. The lowest BCUT2D eigenvalue weighted by Crippen LogP contribution is -2.30. The number of nitrogens with one attached hydrogen (secondary N) is 2. The van der Waals surface area contributed by atoms with Gasteiger partial charge >= 0.3 is 6.36 Å². The first kappa shape index (κ1) is 24.2. The van der Waals surface area contributed by atoms with E-state index in [1.165, 1.54) is 18.2 Å². The number of ether oxygens (including phenoxy) is 1. The molecule has 0 amide bonds. The third kappa shape index (κ3) is 6.75. The van der Waals surface area contributed by atoms with Crippen molar-refractivity contribution in [1.29, 1.82) is 0 Å². The van der Waals surface area contributed by atoms with Crippen LogP contribution < -0.4 is 15.4 Å². The van der Waals surface area contributed by atoms with Crippen LogP contribution in [0.2, 0.25) is 0 Å². The molecule has 1 aromatic heterocycles. The van der Waals surface area contributed by atoms with Gasteiger partial charge in [-0.2, -0.15) is 4.98 Å². The molecule has 0 unspecified atom stereocenters. The summed E-state index contributed by atoms with van der Waals surface area (Å²) in [6.07, 6.45) is -4.87. The van der Waals surface area contributed by atoms with E-state index < -0.39 is 29.8 Å². The van der Waals surface area contributed by atoms with Crippen LogP contribution >= 0.6 is 0 Å². The van der Waals surface area contributed by atoms with Crippen molar-refractivity contribution >= 4 is 17.5 Å². The number of aromatic nitrogens is 2. The quantitative estimate of drug-likeness (QED) is 0.380. The zero-order valence-corrected chi connectivity index (χ0v) is 17.6. The van der Waals surface area contributed by atoms with Crippen LogP contribution in [-0.2, 0) is 0 Å². The van der Waals surface area contributed by atoms with Gasteiger partial charge in [0.05, 0.1) is 24.0 Å². The maximum Gasteiger partial charge on any atom is 0.573 e. The second kappa shape index (κ2) is 9.99. The van der Waals surface area contributed by atoms with Crippen molar-refractivity contribution < 1.29 is 31.8 Å². The SMILES string of the molecule is CC(C)[C@@H](CO)Nc1nc(Nc2cc(F)ccc2F)cc(-c2cccc(OC(F)(F)F)c2)n1. The van der Waals surface area contributed by atoms with Gasteiger partial charge in [0.15, 0.2) is 0 Å². The van der Waals surface area contributed by atoms with Crippen molar-refractivity contribution in [3.8, 4) is 17.0 Å². The average Bonchev–Trinajstić information content (AvgIpc) is 2.73. The summed E-state index contributed by atoms with van der Waals surface area (Å²) in [6, 6.07) is 8.91. The van der Waals surface area contributed by atoms with E-state index >= 15 is 0 Å². The average molecular weight is 468 g/mol. The topological polar surface area (TPSA) is 79.3 Å². The van der Waals surface area contributed by atoms with Gasteiger partial charge in [0.25, 0.3) is 0 Å². The molecule has 0 aliphatic rings. The Morgan fingerprint density at radius 1 is 1.03 bits per heavy atom. The number of halogens is 5. The predicted octanol–water partition coefficient (Wildman–Crippen LogP) is 5.49. The number of rotatable bonds is 8. The van der Waals surface area contributed by atoms with Crippen LogP contribution in [0.5, 0.6) is 5.75 Å². The van der Waals surface area contributed by atoms with E-state index in [1.54, 1.807) is 0 Å². The van der Waals surface area contributed by atoms with E-state index in [1.807, 2.05) is 13.8 Å². The van der Waals surface area contributed by atoms with Crippen molar-refractivity contribution in [1.82, 2.24) is 9.97 Å². The summed E-state index contributed by atoms with van der Waals surface area (Å²) in [5.41, 5.74) is 0.247. The molecule has 33 heavy (non-hydrogen) atoms. The highest BCUT2D eigenvalue weighted by atomic mass is 19.4. The Balaban J connectivity index is 2.03. The second-order valence-electron chi connectivity index (χ2n) is 7.46. The number of hydrogen-bond acceptors (Lipinski definition) is 6. The molecule has 0 aliphatic heterocycles. The van der Waals surface area contributed by atoms with Gasteiger partial charge in [0.1, 0.15) is 23.2 Å². The van der Waals surface area contributed by atoms with Crippen molar-refractivity contribution in [2.45, 2.75) is 26.3 Å². The summed E-state index contributed by atoms with van der Waals surface area (Å²) >= 11 is 0. The number of nitrogens with zero attached hydrogens (tertiary/aromatic N) is 2. The third-order valence-electron chi connectivity index (χ3n) is 4.60. The summed E-state index contributed by atoms with van der Waals surface area (Å²) in [4.78, 5) is 8.55. The fourth-order valence-electron chi connectivity index (χ4n) is 2.90. The molecule has 3 aromatic rings. The first-order valence-electron chi connectivity index (χ1n) is 9.89. The standard InChI is InChI=1S/C22H21F5N4O2/c1-12(2)19(11-32)30-21-29-17(13-4-3-5-15(8-13)33-22(25,26)27)10-20(31-21)28-18-9-14(23)6-7-16(18)24/h3-10,12,19,32H,11H2,1-2H3,(H2,28,29,30,31)/t19-/m1/s1. The van der Waals surface area contributed by atoms with Crippen LogP contribution in [0.3, 0.4) is 0 Å². The molecule has 1 atom stereocenters. The number of hydrogen-bond donors (Lipinski definition) is 3. The number of benzene rings is 2. The Bertz CT molecular complexity index is 1110. The smallest absolute Gasteiger partial charge is 0.406 e. The lowest BCUT2D eigenvalue weighted by Gasteiger charge is -2.21. The van der Waals surface area contributed by atoms with Gasteiger partial charge in [-0.05, 0) is 30.2 Å². The summed E-state index contributed by atoms with van der Waals surface area (Å²) < 4.78 is 69.5. The van der Waals surface area contributed by atoms with Crippen LogP contribution in [0.15, 0.2) is 48.5 Å². The van der Waals surface area contributed by atoms with Crippen LogP contribution in [0.4, 0.5) is 39.4 Å². The molecule has 0 saturated heterocycles. The molecule has 1 heterocycles. The summed E-state index contributed by atoms with van der Waals surface area (Å²) in [6.45, 7) is 3.48. The highest BCUT2D eigenvalue weighted by Gasteiger charge is 2.31. The minimum atomic E-state index is -4.87. The van der Waals surface area contributed by atoms with Crippen molar-refractivity contribution in [2.75, 3.05) is 17.2 Å². The lowest BCUT2D eigenvalue weighted by molar-refractivity contribution is -0.274. The minimum absolute atomic E-state index is 0.0113. The zero-order valence-electron chi connectivity index (χ0n) is 17.6. The number of alkyl halides is 3. The fraction of sp³-hybridized carbons (Fsp3) is 0.273. The number of aliphatic hydroxyl groups is 1. The van der Waals surface area contributed by atoms with Crippen LogP contribution in [0, 0.1) is 17.6 Å². The molecule has 0 bridgehead atoms. The van der Waals surface area contributed by atoms with Crippen LogP contribution in [-0.4, -0.2) is 34.1 Å². The number of aliphatic hydroxyl groups excluding tert-OH is 1. The molecule has 2 aromatic carbocycles. The molecule has 0 radical (unpaired) electrons. The van der Waals surface area contributed by atoms with Gasteiger partial charge in [-0.1, -0.05) is 26.0 Å². The molecule has 3 N–H and O–H groups in total. The van der Waals surface area contributed by atoms with Crippen LogP contribution in [0.25, 0.3) is 11.3 Å². The van der Waals surface area contributed by atoms with E-state index in [0.29, 0.717) is 0 Å². The summed E-state index contributed by atoms with van der Waals surface area (Å²) in [7, 11) is 0.